The van der Waals surface area contributed by atoms with Gasteiger partial charge in [0.1, 0.15) is 6.04 Å². The molecule has 0 spiro atoms. The van der Waals surface area contributed by atoms with Crippen molar-refractivity contribution in [2.75, 3.05) is 19.5 Å². The zero-order valence-corrected chi connectivity index (χ0v) is 22.6. The van der Waals surface area contributed by atoms with Gasteiger partial charge in [-0.3, -0.25) is 14.9 Å². The van der Waals surface area contributed by atoms with Crippen molar-refractivity contribution in [1.82, 2.24) is 5.32 Å². The highest BCUT2D eigenvalue weighted by molar-refractivity contribution is 7.89. The lowest BCUT2D eigenvalue weighted by atomic mass is 10.1. The van der Waals surface area contributed by atoms with Gasteiger partial charge in [0, 0.05) is 12.1 Å². The first-order valence-electron chi connectivity index (χ1n) is 11.8. The molecule has 0 bridgehead atoms. The van der Waals surface area contributed by atoms with Crippen LogP contribution < -0.4 is 31.0 Å². The number of primary sulfonamides is 1. The Labute approximate surface area is 227 Å². The van der Waals surface area contributed by atoms with Gasteiger partial charge in [-0.2, -0.15) is 0 Å². The zero-order valence-electron chi connectivity index (χ0n) is 21.8. The number of amides is 2. The largest absolute Gasteiger partial charge is 0.493 e. The third-order valence-corrected chi connectivity index (χ3v) is 6.66. The van der Waals surface area contributed by atoms with Crippen molar-refractivity contribution in [3.05, 3.63) is 83.4 Å². The van der Waals surface area contributed by atoms with Gasteiger partial charge in [0.25, 0.3) is 0 Å². The van der Waals surface area contributed by atoms with Crippen LogP contribution in [0.2, 0.25) is 0 Å². The van der Waals surface area contributed by atoms with E-state index in [9.17, 15) is 18.0 Å². The van der Waals surface area contributed by atoms with Gasteiger partial charge in [-0.15, -0.1) is 0 Å². The summed E-state index contributed by atoms with van der Waals surface area (Å²) in [4.78, 5) is 30.1. The van der Waals surface area contributed by atoms with E-state index >= 15 is 0 Å². The predicted octanol–water partition coefficient (Wildman–Crippen LogP) is 1.88. The van der Waals surface area contributed by atoms with Crippen LogP contribution in [0.1, 0.15) is 16.7 Å². The Bertz CT molecular complexity index is 1480. The second kappa shape index (κ2) is 12.9. The SMILES string of the molecule is COc1ccc(CC(=O)NC(N)=N[C@H](Cc2ccccc2)C(=O)Nc2cc(S(N)(=O)=O)ccc2C)cc1OC. The number of aliphatic imine (C=N–C) groups is 1. The molecule has 0 fully saturated rings. The van der Waals surface area contributed by atoms with Gasteiger partial charge in [-0.1, -0.05) is 42.5 Å². The molecule has 0 unspecified atom stereocenters. The first kappa shape index (κ1) is 29.1. The lowest BCUT2D eigenvalue weighted by Gasteiger charge is -2.16. The fraction of sp³-hybridized carbons (Fsp3) is 0.222. The molecule has 0 saturated heterocycles. The summed E-state index contributed by atoms with van der Waals surface area (Å²) in [6.45, 7) is 1.71. The highest BCUT2D eigenvalue weighted by Gasteiger charge is 2.21. The normalized spacial score (nSPS) is 12.4. The van der Waals surface area contributed by atoms with E-state index in [1.807, 2.05) is 30.3 Å². The van der Waals surface area contributed by atoms with Gasteiger partial charge in [-0.05, 0) is 47.9 Å². The van der Waals surface area contributed by atoms with Crippen LogP contribution >= 0.6 is 0 Å². The fourth-order valence-corrected chi connectivity index (χ4v) is 4.27. The highest BCUT2D eigenvalue weighted by atomic mass is 32.2. The molecule has 3 aromatic carbocycles. The van der Waals surface area contributed by atoms with Gasteiger partial charge >= 0.3 is 0 Å². The first-order chi connectivity index (χ1) is 18.5. The molecule has 0 aliphatic rings. The number of aryl methyl sites for hydroxylation is 1. The van der Waals surface area contributed by atoms with Crippen molar-refractivity contribution < 1.29 is 27.5 Å². The standard InChI is InChI=1S/C27H31N5O6S/c1-17-9-11-20(39(29,35)36)16-21(17)30-26(34)22(13-18-7-5-4-6-8-18)31-27(28)32-25(33)15-19-10-12-23(37-2)24(14-19)38-3/h4-12,14,16,22H,13,15H2,1-3H3,(H,30,34)(H2,29,35,36)(H3,28,31,32,33)/t22-/m1/s1. The molecule has 3 aromatic rings. The number of nitrogens with one attached hydrogen (secondary N) is 2. The molecule has 6 N–H and O–H groups in total. The van der Waals surface area contributed by atoms with Crippen LogP contribution in [-0.2, 0) is 32.5 Å². The third-order valence-electron chi connectivity index (χ3n) is 5.75. The minimum atomic E-state index is -3.97. The number of ether oxygens (including phenoxy) is 2. The molecule has 11 nitrogen and oxygen atoms in total. The number of guanidine groups is 1. The molecule has 0 aliphatic carbocycles. The Morgan fingerprint density at radius 2 is 1.64 bits per heavy atom. The van der Waals surface area contributed by atoms with Gasteiger partial charge in [0.05, 0.1) is 25.5 Å². The number of nitrogens with zero attached hydrogens (tertiary/aromatic N) is 1. The van der Waals surface area contributed by atoms with Gasteiger partial charge in [0.2, 0.25) is 21.8 Å². The molecular formula is C27H31N5O6S. The summed E-state index contributed by atoms with van der Waals surface area (Å²) in [6, 6.07) is 17.4. The first-order valence-corrected chi connectivity index (χ1v) is 13.4. The molecule has 1 atom stereocenters. The summed E-state index contributed by atoms with van der Waals surface area (Å²) in [5.41, 5.74) is 8.36. The minimum absolute atomic E-state index is 0.0222. The summed E-state index contributed by atoms with van der Waals surface area (Å²) in [5, 5.41) is 10.5. The maximum absolute atomic E-state index is 13.3. The number of sulfonamides is 1. The van der Waals surface area contributed by atoms with E-state index in [1.54, 1.807) is 25.1 Å². The number of carbonyl (C=O) groups is 2. The van der Waals surface area contributed by atoms with E-state index < -0.39 is 27.9 Å². The number of carbonyl (C=O) groups excluding carboxylic acids is 2. The third kappa shape index (κ3) is 8.28. The average molecular weight is 554 g/mol. The number of hydrogen-bond donors (Lipinski definition) is 4. The number of nitrogens with two attached hydrogens (primary N) is 2. The Balaban J connectivity index is 1.80. The second-order valence-electron chi connectivity index (χ2n) is 8.65. The molecule has 12 heteroatoms. The summed E-state index contributed by atoms with van der Waals surface area (Å²) in [6.07, 6.45) is 0.151. The van der Waals surface area contributed by atoms with Crippen LogP contribution in [0, 0.1) is 6.92 Å². The summed E-state index contributed by atoms with van der Waals surface area (Å²) in [5.74, 6) is -0.232. The quantitative estimate of drug-likeness (QED) is 0.219. The van der Waals surface area contributed by atoms with Crippen molar-refractivity contribution in [1.29, 1.82) is 0 Å². The minimum Gasteiger partial charge on any atom is -0.493 e. The Morgan fingerprint density at radius 3 is 2.28 bits per heavy atom. The molecule has 0 aromatic heterocycles. The Morgan fingerprint density at radius 1 is 0.949 bits per heavy atom. The second-order valence-corrected chi connectivity index (χ2v) is 10.2. The highest BCUT2D eigenvalue weighted by Crippen LogP contribution is 2.27. The maximum atomic E-state index is 13.3. The molecule has 0 saturated carbocycles. The van der Waals surface area contributed by atoms with Crippen molar-refractivity contribution in [2.24, 2.45) is 15.9 Å². The molecule has 0 heterocycles. The van der Waals surface area contributed by atoms with E-state index in [-0.39, 0.29) is 29.4 Å². The van der Waals surface area contributed by atoms with Crippen LogP contribution in [0.15, 0.2) is 76.6 Å². The number of benzene rings is 3. The zero-order chi connectivity index (χ0) is 28.6. The molecule has 0 aliphatic heterocycles. The van der Waals surface area contributed by atoms with Crippen molar-refractivity contribution in [3.8, 4) is 11.5 Å². The average Bonchev–Trinajstić information content (AvgIpc) is 2.89. The molecular weight excluding hydrogens is 522 g/mol. The van der Waals surface area contributed by atoms with Gasteiger partial charge in [-0.25, -0.2) is 18.5 Å². The van der Waals surface area contributed by atoms with Crippen molar-refractivity contribution in [2.45, 2.75) is 30.7 Å². The smallest absolute Gasteiger partial charge is 0.249 e. The van der Waals surface area contributed by atoms with Gasteiger partial charge in [0.15, 0.2) is 17.5 Å². The molecule has 206 valence electrons. The monoisotopic (exact) mass is 553 g/mol. The molecule has 39 heavy (non-hydrogen) atoms. The lowest BCUT2D eigenvalue weighted by molar-refractivity contribution is -0.119. The van der Waals surface area contributed by atoms with Gasteiger partial charge < -0.3 is 20.5 Å². The Kier molecular flexibility index (Phi) is 9.63. The number of anilines is 1. The maximum Gasteiger partial charge on any atom is 0.249 e. The van der Waals surface area contributed by atoms with Crippen molar-refractivity contribution in [3.63, 3.8) is 0 Å². The van der Waals surface area contributed by atoms with E-state index in [0.717, 1.165) is 5.56 Å². The summed E-state index contributed by atoms with van der Waals surface area (Å²) >= 11 is 0. The fourth-order valence-electron chi connectivity index (χ4n) is 3.73. The van der Waals surface area contributed by atoms with E-state index in [0.29, 0.717) is 22.6 Å². The molecule has 0 radical (unpaired) electrons. The predicted molar refractivity (Wildman–Crippen MR) is 148 cm³/mol. The van der Waals surface area contributed by atoms with E-state index in [4.69, 9.17) is 20.3 Å². The number of methoxy groups -OCH3 is 2. The van der Waals surface area contributed by atoms with Crippen LogP contribution in [0.3, 0.4) is 0 Å². The van der Waals surface area contributed by atoms with Crippen LogP contribution in [0.5, 0.6) is 11.5 Å². The summed E-state index contributed by atoms with van der Waals surface area (Å²) < 4.78 is 34.0. The van der Waals surface area contributed by atoms with Crippen LogP contribution in [0.4, 0.5) is 5.69 Å². The van der Waals surface area contributed by atoms with Crippen molar-refractivity contribution >= 4 is 33.5 Å². The molecule has 3 rings (SSSR count). The number of hydrogen-bond acceptors (Lipinski definition) is 7. The molecule has 2 amide bonds. The lowest BCUT2D eigenvalue weighted by Crippen LogP contribution is -2.40. The van der Waals surface area contributed by atoms with E-state index in [1.165, 1.54) is 32.4 Å². The Hall–Kier alpha value is -4.42. The van der Waals surface area contributed by atoms with Crippen LogP contribution in [-0.4, -0.2) is 46.5 Å². The summed E-state index contributed by atoms with van der Waals surface area (Å²) in [7, 11) is -0.962. The van der Waals surface area contributed by atoms with Crippen LogP contribution in [0.25, 0.3) is 0 Å². The topological polar surface area (TPSA) is 175 Å². The number of rotatable bonds is 10. The van der Waals surface area contributed by atoms with E-state index in [2.05, 4.69) is 15.6 Å².